The predicted octanol–water partition coefficient (Wildman–Crippen LogP) is 1.63. The lowest BCUT2D eigenvalue weighted by Gasteiger charge is -2.18. The quantitative estimate of drug-likeness (QED) is 0.629. The molecule has 0 bridgehead atoms. The number of sulfonamides is 1. The van der Waals surface area contributed by atoms with Gasteiger partial charge in [0.1, 0.15) is 4.90 Å². The number of nitrogen functional groups attached to an aromatic ring is 1. The SMILES string of the molecule is COC(=O)CCCN(C)S(=O)(=O)c1cc(N)cc(Cl)c1F. The molecule has 0 heterocycles. The van der Waals surface area contributed by atoms with Crippen molar-refractivity contribution in [2.24, 2.45) is 0 Å². The third-order valence-corrected chi connectivity index (χ3v) is 4.92. The number of carbonyl (C=O) groups is 1. The third-order valence-electron chi connectivity index (χ3n) is 2.79. The lowest BCUT2D eigenvalue weighted by Crippen LogP contribution is -2.29. The summed E-state index contributed by atoms with van der Waals surface area (Å²) in [6, 6.07) is 2.14. The normalized spacial score (nSPS) is 11.7. The van der Waals surface area contributed by atoms with E-state index in [-0.39, 0.29) is 30.1 Å². The average molecular weight is 339 g/mol. The van der Waals surface area contributed by atoms with Crippen LogP contribution >= 0.6 is 11.6 Å². The lowest BCUT2D eigenvalue weighted by molar-refractivity contribution is -0.140. The molecule has 0 aliphatic heterocycles. The summed E-state index contributed by atoms with van der Waals surface area (Å²) in [5.74, 6) is -1.50. The smallest absolute Gasteiger partial charge is 0.305 e. The predicted molar refractivity (Wildman–Crippen MR) is 76.9 cm³/mol. The first-order chi connectivity index (χ1) is 9.70. The van der Waals surface area contributed by atoms with Gasteiger partial charge in [-0.2, -0.15) is 0 Å². The minimum absolute atomic E-state index is 0.0310. The molecule has 0 amide bonds. The van der Waals surface area contributed by atoms with Crippen LogP contribution in [-0.4, -0.2) is 39.4 Å². The van der Waals surface area contributed by atoms with E-state index >= 15 is 0 Å². The van der Waals surface area contributed by atoms with Gasteiger partial charge in [-0.1, -0.05) is 11.6 Å². The summed E-state index contributed by atoms with van der Waals surface area (Å²) >= 11 is 5.60. The summed E-state index contributed by atoms with van der Waals surface area (Å²) in [6.07, 6.45) is 0.316. The molecule has 9 heteroatoms. The summed E-state index contributed by atoms with van der Waals surface area (Å²) in [7, 11) is -1.55. The second kappa shape index (κ2) is 7.06. The summed E-state index contributed by atoms with van der Waals surface area (Å²) in [5, 5.41) is -0.364. The molecule has 0 saturated heterocycles. The number of nitrogens with zero attached hydrogens (tertiary/aromatic N) is 1. The molecule has 0 saturated carbocycles. The van der Waals surface area contributed by atoms with Crippen LogP contribution < -0.4 is 5.73 Å². The largest absolute Gasteiger partial charge is 0.469 e. The molecule has 1 aromatic rings. The van der Waals surface area contributed by atoms with Gasteiger partial charge in [0.15, 0.2) is 5.82 Å². The molecule has 1 aromatic carbocycles. The van der Waals surface area contributed by atoms with E-state index in [0.717, 1.165) is 16.4 Å². The Bertz CT molecular complexity index is 636. The highest BCUT2D eigenvalue weighted by molar-refractivity contribution is 7.89. The van der Waals surface area contributed by atoms with E-state index in [1.54, 1.807) is 0 Å². The maximum Gasteiger partial charge on any atom is 0.305 e. The number of esters is 1. The number of halogens is 2. The van der Waals surface area contributed by atoms with Crippen LogP contribution in [0.4, 0.5) is 10.1 Å². The Labute approximate surface area is 127 Å². The van der Waals surface area contributed by atoms with Crippen molar-refractivity contribution in [2.75, 3.05) is 26.4 Å². The second-order valence-electron chi connectivity index (χ2n) is 4.32. The van der Waals surface area contributed by atoms with Gasteiger partial charge in [0.25, 0.3) is 0 Å². The van der Waals surface area contributed by atoms with E-state index in [2.05, 4.69) is 4.74 Å². The molecule has 2 N–H and O–H groups in total. The Morgan fingerprint density at radius 3 is 2.67 bits per heavy atom. The van der Waals surface area contributed by atoms with Crippen LogP contribution in [0.15, 0.2) is 17.0 Å². The van der Waals surface area contributed by atoms with Gasteiger partial charge in [0.05, 0.1) is 12.1 Å². The Kier molecular flexibility index (Phi) is 5.94. The number of ether oxygens (including phenoxy) is 1. The van der Waals surface area contributed by atoms with E-state index in [1.165, 1.54) is 14.2 Å². The van der Waals surface area contributed by atoms with Crippen molar-refractivity contribution in [2.45, 2.75) is 17.7 Å². The molecule has 118 valence electrons. The molecule has 0 fully saturated rings. The number of carbonyl (C=O) groups excluding carboxylic acids is 1. The fourth-order valence-electron chi connectivity index (χ4n) is 1.61. The summed E-state index contributed by atoms with van der Waals surface area (Å²) in [6.45, 7) is 0.0310. The summed E-state index contributed by atoms with van der Waals surface area (Å²) < 4.78 is 43.8. The van der Waals surface area contributed by atoms with Gasteiger partial charge in [-0.25, -0.2) is 17.1 Å². The first-order valence-corrected chi connectivity index (χ1v) is 7.79. The minimum atomic E-state index is -4.08. The second-order valence-corrected chi connectivity index (χ2v) is 6.74. The van der Waals surface area contributed by atoms with Crippen LogP contribution in [0.1, 0.15) is 12.8 Å². The van der Waals surface area contributed by atoms with Crippen LogP contribution in [0.25, 0.3) is 0 Å². The van der Waals surface area contributed by atoms with Gasteiger partial charge in [-0.15, -0.1) is 0 Å². The van der Waals surface area contributed by atoms with Crippen LogP contribution in [0.2, 0.25) is 5.02 Å². The van der Waals surface area contributed by atoms with E-state index in [0.29, 0.717) is 0 Å². The zero-order chi connectivity index (χ0) is 16.2. The monoisotopic (exact) mass is 338 g/mol. The Morgan fingerprint density at radius 1 is 1.48 bits per heavy atom. The lowest BCUT2D eigenvalue weighted by atomic mass is 10.3. The standard InChI is InChI=1S/C12H16ClFN2O4S/c1-16(5-3-4-11(17)20-2)21(18,19)10-7-8(15)6-9(13)12(10)14/h6-7H,3-5,15H2,1-2H3. The van der Waals surface area contributed by atoms with Crippen LogP contribution in [0.3, 0.4) is 0 Å². The number of methoxy groups -OCH3 is 1. The molecule has 0 spiro atoms. The molecule has 0 aliphatic carbocycles. The van der Waals surface area contributed by atoms with Crippen molar-refractivity contribution in [1.29, 1.82) is 0 Å². The number of anilines is 1. The van der Waals surface area contributed by atoms with Crippen molar-refractivity contribution in [3.8, 4) is 0 Å². The maximum atomic E-state index is 13.9. The molecular formula is C12H16ClFN2O4S. The topological polar surface area (TPSA) is 89.7 Å². The van der Waals surface area contributed by atoms with Gasteiger partial charge in [-0.05, 0) is 18.6 Å². The van der Waals surface area contributed by atoms with Gasteiger partial charge in [-0.3, -0.25) is 4.79 Å². The van der Waals surface area contributed by atoms with Crippen molar-refractivity contribution in [3.63, 3.8) is 0 Å². The van der Waals surface area contributed by atoms with Gasteiger partial charge >= 0.3 is 5.97 Å². The van der Waals surface area contributed by atoms with Gasteiger partial charge < -0.3 is 10.5 Å². The highest BCUT2D eigenvalue weighted by Crippen LogP contribution is 2.27. The summed E-state index contributed by atoms with van der Waals surface area (Å²) in [4.78, 5) is 10.4. The third kappa shape index (κ3) is 4.29. The number of benzene rings is 1. The molecule has 0 radical (unpaired) electrons. The fourth-order valence-corrected chi connectivity index (χ4v) is 3.22. The zero-order valence-corrected chi connectivity index (χ0v) is 13.2. The van der Waals surface area contributed by atoms with Crippen LogP contribution in [0.5, 0.6) is 0 Å². The highest BCUT2D eigenvalue weighted by atomic mass is 35.5. The van der Waals surface area contributed by atoms with Gasteiger partial charge in [0, 0.05) is 25.7 Å². The molecule has 1 rings (SSSR count). The van der Waals surface area contributed by atoms with Gasteiger partial charge in [0.2, 0.25) is 10.0 Å². The van der Waals surface area contributed by atoms with E-state index in [4.69, 9.17) is 17.3 Å². The van der Waals surface area contributed by atoms with E-state index in [9.17, 15) is 17.6 Å². The van der Waals surface area contributed by atoms with E-state index < -0.39 is 26.7 Å². The van der Waals surface area contributed by atoms with Crippen molar-refractivity contribution in [1.82, 2.24) is 4.31 Å². The molecule has 21 heavy (non-hydrogen) atoms. The Balaban J connectivity index is 2.93. The molecule has 0 atom stereocenters. The van der Waals surface area contributed by atoms with Crippen LogP contribution in [-0.2, 0) is 19.6 Å². The molecule has 6 nitrogen and oxygen atoms in total. The average Bonchev–Trinajstić information content (AvgIpc) is 2.42. The number of hydrogen-bond acceptors (Lipinski definition) is 5. The molecule has 0 unspecified atom stereocenters. The van der Waals surface area contributed by atoms with Crippen LogP contribution in [0, 0.1) is 5.82 Å². The molecule has 0 aromatic heterocycles. The summed E-state index contributed by atoms with van der Waals surface area (Å²) in [5.41, 5.74) is 5.53. The van der Waals surface area contributed by atoms with Crippen molar-refractivity contribution < 1.29 is 22.3 Å². The Hall–Kier alpha value is -1.38. The first kappa shape index (κ1) is 17.7. The fraction of sp³-hybridized carbons (Fsp3) is 0.417. The van der Waals surface area contributed by atoms with E-state index in [1.807, 2.05) is 0 Å². The minimum Gasteiger partial charge on any atom is -0.469 e. The van der Waals surface area contributed by atoms with Crippen molar-refractivity contribution in [3.05, 3.63) is 23.0 Å². The Morgan fingerprint density at radius 2 is 2.10 bits per heavy atom. The number of hydrogen-bond donors (Lipinski definition) is 1. The first-order valence-electron chi connectivity index (χ1n) is 5.97. The maximum absolute atomic E-state index is 13.9. The zero-order valence-electron chi connectivity index (χ0n) is 11.6. The molecule has 0 aliphatic rings. The molecular weight excluding hydrogens is 323 g/mol. The van der Waals surface area contributed by atoms with Crippen molar-refractivity contribution >= 4 is 33.3 Å². The highest BCUT2D eigenvalue weighted by Gasteiger charge is 2.26. The number of nitrogens with two attached hydrogens (primary N) is 1. The number of rotatable bonds is 6.